The molecule has 1 saturated heterocycles. The van der Waals surface area contributed by atoms with Gasteiger partial charge in [-0.3, -0.25) is 14.2 Å². The minimum Gasteiger partial charge on any atom is -0.453 e. The summed E-state index contributed by atoms with van der Waals surface area (Å²) >= 11 is 0. The zero-order valence-corrected chi connectivity index (χ0v) is 18.5. The number of allylic oxidation sites excluding steroid dienone is 2. The lowest BCUT2D eigenvalue weighted by Crippen LogP contribution is -2.38. The molecule has 2 aliphatic carbocycles. The first-order valence-electron chi connectivity index (χ1n) is 11.9. The molecular weight excluding hydrogens is 392 g/mol. The van der Waals surface area contributed by atoms with Crippen molar-refractivity contribution >= 4 is 23.4 Å². The minimum atomic E-state index is -0.623. The van der Waals surface area contributed by atoms with Crippen LogP contribution in [0.25, 0.3) is 5.57 Å². The van der Waals surface area contributed by atoms with Crippen molar-refractivity contribution in [2.45, 2.75) is 70.6 Å². The first kappa shape index (κ1) is 20.5. The van der Waals surface area contributed by atoms with Crippen LogP contribution in [0.1, 0.15) is 78.7 Å². The van der Waals surface area contributed by atoms with Crippen LogP contribution in [0, 0.1) is 11.8 Å². The zero-order valence-electron chi connectivity index (χ0n) is 18.5. The summed E-state index contributed by atoms with van der Waals surface area (Å²) in [6, 6.07) is 0. The molecule has 6 heteroatoms. The van der Waals surface area contributed by atoms with Crippen molar-refractivity contribution < 1.29 is 19.1 Å². The fraction of sp³-hybridized carbons (Fsp3) is 0.640. The first-order valence-corrected chi connectivity index (χ1v) is 11.9. The van der Waals surface area contributed by atoms with E-state index in [1.807, 2.05) is 10.6 Å². The van der Waals surface area contributed by atoms with E-state index in [4.69, 9.17) is 4.74 Å². The largest absolute Gasteiger partial charge is 0.453 e. The van der Waals surface area contributed by atoms with Crippen LogP contribution in [-0.4, -0.2) is 47.4 Å². The van der Waals surface area contributed by atoms with Crippen LogP contribution in [0.15, 0.2) is 6.08 Å². The number of amides is 1. The molecule has 1 unspecified atom stereocenters. The molecule has 4 aliphatic rings. The number of ether oxygens (including phenoxy) is 1. The molecule has 0 saturated carbocycles. The summed E-state index contributed by atoms with van der Waals surface area (Å²) in [4.78, 5) is 40.0. The Hall–Kier alpha value is -2.37. The van der Waals surface area contributed by atoms with Gasteiger partial charge in [-0.2, -0.15) is 0 Å². The van der Waals surface area contributed by atoms with Gasteiger partial charge in [0.15, 0.2) is 0 Å². The van der Waals surface area contributed by atoms with Crippen molar-refractivity contribution in [2.24, 2.45) is 11.8 Å². The normalized spacial score (nSPS) is 23.1. The minimum absolute atomic E-state index is 0.0180. The first-order chi connectivity index (χ1) is 15.1. The highest BCUT2D eigenvalue weighted by molar-refractivity contribution is 6.08. The van der Waals surface area contributed by atoms with E-state index in [1.165, 1.54) is 35.9 Å². The smallest absolute Gasteiger partial charge is 0.409 e. The maximum atomic E-state index is 13.5. The molecule has 1 aromatic rings. The van der Waals surface area contributed by atoms with Gasteiger partial charge < -0.3 is 9.64 Å². The van der Waals surface area contributed by atoms with E-state index in [1.54, 1.807) is 4.90 Å². The van der Waals surface area contributed by atoms with E-state index >= 15 is 0 Å². The highest BCUT2D eigenvalue weighted by Crippen LogP contribution is 2.43. The van der Waals surface area contributed by atoms with Crippen molar-refractivity contribution in [3.63, 3.8) is 0 Å². The van der Waals surface area contributed by atoms with Crippen LogP contribution >= 0.6 is 0 Å². The Morgan fingerprint density at radius 2 is 1.77 bits per heavy atom. The zero-order chi connectivity index (χ0) is 21.5. The average Bonchev–Trinajstić information content (AvgIpc) is 3.16. The van der Waals surface area contributed by atoms with Gasteiger partial charge in [0.25, 0.3) is 0 Å². The van der Waals surface area contributed by atoms with Crippen molar-refractivity contribution in [1.82, 2.24) is 9.47 Å². The molecule has 1 amide bonds. The molecule has 0 aromatic carbocycles. The second-order valence-electron chi connectivity index (χ2n) is 9.56. The summed E-state index contributed by atoms with van der Waals surface area (Å²) in [6.45, 7) is 1.36. The van der Waals surface area contributed by atoms with Crippen molar-refractivity contribution in [3.05, 3.63) is 28.6 Å². The Kier molecular flexibility index (Phi) is 5.49. The van der Waals surface area contributed by atoms with Crippen LogP contribution < -0.4 is 0 Å². The molecular formula is C25H32N2O4. The van der Waals surface area contributed by atoms with Crippen LogP contribution in [0.3, 0.4) is 0 Å². The molecule has 3 heterocycles. The van der Waals surface area contributed by atoms with E-state index in [2.05, 4.69) is 0 Å². The van der Waals surface area contributed by atoms with Crippen molar-refractivity contribution in [3.8, 4) is 0 Å². The third-order valence-electron chi connectivity index (χ3n) is 7.81. The molecule has 1 fully saturated rings. The van der Waals surface area contributed by atoms with E-state index in [-0.39, 0.29) is 17.8 Å². The SMILES string of the molecule is COC(=O)N1CCC(CCC(=O)C2C=C3CCCc4c5c(n(c43)C2=O)CCCC5)CC1. The summed E-state index contributed by atoms with van der Waals surface area (Å²) < 4.78 is 6.75. The van der Waals surface area contributed by atoms with Gasteiger partial charge in [-0.25, -0.2) is 4.79 Å². The van der Waals surface area contributed by atoms with E-state index in [0.717, 1.165) is 63.5 Å². The number of fused-ring (bicyclic) bond motifs is 3. The van der Waals surface area contributed by atoms with E-state index in [0.29, 0.717) is 25.4 Å². The van der Waals surface area contributed by atoms with Gasteiger partial charge in [0.1, 0.15) is 11.7 Å². The molecule has 166 valence electrons. The summed E-state index contributed by atoms with van der Waals surface area (Å²) in [7, 11) is 1.41. The molecule has 0 spiro atoms. The number of hydrogen-bond donors (Lipinski definition) is 0. The number of rotatable bonds is 4. The summed E-state index contributed by atoms with van der Waals surface area (Å²) in [5, 5.41) is 0. The van der Waals surface area contributed by atoms with Crippen LogP contribution in [0.2, 0.25) is 0 Å². The number of aromatic nitrogens is 1. The van der Waals surface area contributed by atoms with Gasteiger partial charge in [0.05, 0.1) is 12.8 Å². The van der Waals surface area contributed by atoms with Crippen LogP contribution in [0.5, 0.6) is 0 Å². The number of likely N-dealkylation sites (tertiary alicyclic amines) is 1. The fourth-order valence-corrected chi connectivity index (χ4v) is 6.14. The number of carbonyl (C=O) groups excluding carboxylic acids is 3. The molecule has 5 rings (SSSR count). The van der Waals surface area contributed by atoms with Crippen LogP contribution in [0.4, 0.5) is 4.79 Å². The van der Waals surface area contributed by atoms with Gasteiger partial charge in [-0.15, -0.1) is 0 Å². The second-order valence-corrected chi connectivity index (χ2v) is 9.56. The van der Waals surface area contributed by atoms with Gasteiger partial charge in [-0.1, -0.05) is 6.08 Å². The number of nitrogens with zero attached hydrogens (tertiary/aromatic N) is 2. The second kappa shape index (κ2) is 8.29. The standard InChI is InChI=1S/C25H32N2O4/c1-31-25(30)26-13-11-16(12-14-26)9-10-22(28)20-15-17-5-4-7-19-18-6-2-3-8-21(18)27(23(17)19)24(20)29/h15-16,20H,2-14H2,1H3. The van der Waals surface area contributed by atoms with Crippen molar-refractivity contribution in [1.29, 1.82) is 0 Å². The van der Waals surface area contributed by atoms with Gasteiger partial charge >= 0.3 is 6.09 Å². The summed E-state index contributed by atoms with van der Waals surface area (Å²) in [5.74, 6) is -0.158. The molecule has 6 nitrogen and oxygen atoms in total. The molecule has 1 aromatic heterocycles. The Bertz CT molecular complexity index is 949. The average molecular weight is 425 g/mol. The lowest BCUT2D eigenvalue weighted by Gasteiger charge is -2.31. The Balaban J connectivity index is 1.28. The maximum Gasteiger partial charge on any atom is 0.409 e. The van der Waals surface area contributed by atoms with Gasteiger partial charge in [0, 0.05) is 25.2 Å². The molecule has 1 atom stereocenters. The third-order valence-corrected chi connectivity index (χ3v) is 7.81. The number of ketones is 1. The quantitative estimate of drug-likeness (QED) is 0.680. The topological polar surface area (TPSA) is 68.6 Å². The highest BCUT2D eigenvalue weighted by atomic mass is 16.5. The Morgan fingerprint density at radius 3 is 2.55 bits per heavy atom. The summed E-state index contributed by atoms with van der Waals surface area (Å²) in [6.07, 6.45) is 12.3. The monoisotopic (exact) mass is 424 g/mol. The highest BCUT2D eigenvalue weighted by Gasteiger charge is 2.39. The molecule has 0 N–H and O–H groups in total. The lowest BCUT2D eigenvalue weighted by molar-refractivity contribution is -0.120. The van der Waals surface area contributed by atoms with Gasteiger partial charge in [-0.05, 0) is 86.8 Å². The predicted molar refractivity (Wildman–Crippen MR) is 117 cm³/mol. The third kappa shape index (κ3) is 3.54. The lowest BCUT2D eigenvalue weighted by atomic mass is 9.83. The maximum absolute atomic E-state index is 13.5. The number of carbonyl (C=O) groups is 3. The number of methoxy groups -OCH3 is 1. The number of Topliss-reactive ketones (excluding diaryl/α,β-unsaturated/α-hetero) is 1. The fourth-order valence-electron chi connectivity index (χ4n) is 6.14. The van der Waals surface area contributed by atoms with Gasteiger partial charge in [0.2, 0.25) is 5.91 Å². The molecule has 0 radical (unpaired) electrons. The Labute approximate surface area is 183 Å². The number of hydrogen-bond acceptors (Lipinski definition) is 4. The van der Waals surface area contributed by atoms with Crippen LogP contribution in [-0.2, 0) is 28.8 Å². The summed E-state index contributed by atoms with van der Waals surface area (Å²) in [5.41, 5.74) is 6.36. The molecule has 0 bridgehead atoms. The van der Waals surface area contributed by atoms with Crippen molar-refractivity contribution in [2.75, 3.05) is 20.2 Å². The number of piperidine rings is 1. The Morgan fingerprint density at radius 1 is 1.03 bits per heavy atom. The predicted octanol–water partition coefficient (Wildman–Crippen LogP) is 4.18. The van der Waals surface area contributed by atoms with E-state index < -0.39 is 5.92 Å². The molecule has 31 heavy (non-hydrogen) atoms. The van der Waals surface area contributed by atoms with E-state index in [9.17, 15) is 14.4 Å². The molecule has 2 aliphatic heterocycles.